The van der Waals surface area contributed by atoms with E-state index in [0.717, 1.165) is 0 Å². The molecule has 1 N–H and O–H groups in total. The third kappa shape index (κ3) is 2.30. The van der Waals surface area contributed by atoms with Crippen molar-refractivity contribution >= 4 is 12.7 Å². The van der Waals surface area contributed by atoms with Crippen LogP contribution in [0.15, 0.2) is 0 Å². The molecule has 46 valence electrons. The minimum Gasteiger partial charge on any atom is -0.355 e. The number of aldehydes is 1. The van der Waals surface area contributed by atoms with Gasteiger partial charge in [-0.2, -0.15) is 0 Å². The van der Waals surface area contributed by atoms with Gasteiger partial charge in [0.2, 0.25) is 6.41 Å². The minimum atomic E-state index is -0.799. The first-order valence-corrected chi connectivity index (χ1v) is 2.03. The number of hydrogen-bond acceptors (Lipinski definition) is 3. The van der Waals surface area contributed by atoms with E-state index >= 15 is 0 Å². The molecular formula is C4H7NO3. The van der Waals surface area contributed by atoms with Gasteiger partial charge in [-0.05, 0) is 0 Å². The van der Waals surface area contributed by atoms with E-state index < -0.39 is 6.23 Å². The number of methoxy groups -OCH3 is 1. The molecule has 0 fully saturated rings. The van der Waals surface area contributed by atoms with E-state index in [1.54, 1.807) is 0 Å². The number of hydrogen-bond donors (Lipinski definition) is 1. The first kappa shape index (κ1) is 7.10. The van der Waals surface area contributed by atoms with Crippen molar-refractivity contribution in [1.82, 2.24) is 5.32 Å². The van der Waals surface area contributed by atoms with E-state index in [1.165, 1.54) is 7.11 Å². The Labute approximate surface area is 46.8 Å². The predicted octanol–water partition coefficient (Wildman–Crippen LogP) is -1.10. The molecule has 0 aliphatic rings. The first-order chi connectivity index (χ1) is 3.85. The van der Waals surface area contributed by atoms with Gasteiger partial charge in [0.15, 0.2) is 12.5 Å². The lowest BCUT2D eigenvalue weighted by Gasteiger charge is -2.02. The summed E-state index contributed by atoms with van der Waals surface area (Å²) in [6.07, 6.45) is 0.101. The molecule has 0 saturated carbocycles. The number of ether oxygens (including phenoxy) is 1. The molecule has 0 saturated heterocycles. The summed E-state index contributed by atoms with van der Waals surface area (Å²) in [7, 11) is 1.33. The topological polar surface area (TPSA) is 55.4 Å². The first-order valence-electron chi connectivity index (χ1n) is 2.03. The van der Waals surface area contributed by atoms with Gasteiger partial charge >= 0.3 is 0 Å². The number of nitrogens with one attached hydrogen (secondary N) is 1. The van der Waals surface area contributed by atoms with Crippen molar-refractivity contribution in [3.05, 3.63) is 0 Å². The summed E-state index contributed by atoms with van der Waals surface area (Å²) in [6.45, 7) is 0. The lowest BCUT2D eigenvalue weighted by molar-refractivity contribution is -0.123. The van der Waals surface area contributed by atoms with Crippen LogP contribution in [0.3, 0.4) is 0 Å². The number of carbonyl (C=O) groups is 2. The lowest BCUT2D eigenvalue weighted by Crippen LogP contribution is -2.30. The van der Waals surface area contributed by atoms with Gasteiger partial charge in [-0.1, -0.05) is 0 Å². The Bertz CT molecular complexity index is 83.4. The van der Waals surface area contributed by atoms with E-state index in [4.69, 9.17) is 0 Å². The minimum absolute atomic E-state index is 0.405. The number of rotatable bonds is 4. The summed E-state index contributed by atoms with van der Waals surface area (Å²) < 4.78 is 4.43. The van der Waals surface area contributed by atoms with Crippen LogP contribution in [-0.4, -0.2) is 26.0 Å². The maximum absolute atomic E-state index is 9.78. The highest BCUT2D eigenvalue weighted by molar-refractivity contribution is 5.61. The molecule has 4 nitrogen and oxygen atoms in total. The zero-order valence-corrected chi connectivity index (χ0v) is 4.46. The predicted molar refractivity (Wildman–Crippen MR) is 26.1 cm³/mol. The molecule has 0 aromatic rings. The van der Waals surface area contributed by atoms with Gasteiger partial charge in [-0.15, -0.1) is 0 Å². The van der Waals surface area contributed by atoms with Crippen molar-refractivity contribution in [1.29, 1.82) is 0 Å². The molecule has 1 amide bonds. The van der Waals surface area contributed by atoms with Crippen LogP contribution in [0.2, 0.25) is 0 Å². The van der Waals surface area contributed by atoms with Gasteiger partial charge in [0.1, 0.15) is 0 Å². The van der Waals surface area contributed by atoms with Crippen molar-refractivity contribution in [3.63, 3.8) is 0 Å². The highest BCUT2D eigenvalue weighted by Gasteiger charge is 1.98. The van der Waals surface area contributed by atoms with Gasteiger partial charge in [0.25, 0.3) is 0 Å². The standard InChI is InChI=1S/C4H7NO3/c1-8-4(2-6)5-3-7/h2-4H,1H3,(H,5,7). The fraction of sp³-hybridized carbons (Fsp3) is 0.500. The van der Waals surface area contributed by atoms with Crippen LogP contribution in [0.4, 0.5) is 0 Å². The Morgan fingerprint density at radius 1 is 1.62 bits per heavy atom. The fourth-order valence-electron chi connectivity index (χ4n) is 0.230. The van der Waals surface area contributed by atoms with Crippen LogP contribution in [-0.2, 0) is 14.3 Å². The average molecular weight is 117 g/mol. The summed E-state index contributed by atoms with van der Waals surface area (Å²) in [5.74, 6) is 0. The van der Waals surface area contributed by atoms with E-state index in [9.17, 15) is 9.59 Å². The van der Waals surface area contributed by atoms with Gasteiger partial charge in [-0.3, -0.25) is 9.59 Å². The summed E-state index contributed by atoms with van der Waals surface area (Å²) in [5.41, 5.74) is 0. The van der Waals surface area contributed by atoms with Crippen molar-refractivity contribution in [3.8, 4) is 0 Å². The third-order valence-electron chi connectivity index (χ3n) is 0.610. The second kappa shape index (κ2) is 4.26. The molecule has 0 spiro atoms. The van der Waals surface area contributed by atoms with Crippen LogP contribution < -0.4 is 5.32 Å². The Hall–Kier alpha value is -0.900. The fourth-order valence-corrected chi connectivity index (χ4v) is 0.230. The maximum atomic E-state index is 9.78. The summed E-state index contributed by atoms with van der Waals surface area (Å²) in [5, 5.41) is 2.11. The molecule has 0 radical (unpaired) electrons. The van der Waals surface area contributed by atoms with E-state index in [-0.39, 0.29) is 0 Å². The smallest absolute Gasteiger partial charge is 0.209 e. The van der Waals surface area contributed by atoms with E-state index in [1.807, 2.05) is 0 Å². The van der Waals surface area contributed by atoms with Crippen LogP contribution >= 0.6 is 0 Å². The zero-order chi connectivity index (χ0) is 6.41. The maximum Gasteiger partial charge on any atom is 0.209 e. The Morgan fingerprint density at radius 3 is 2.38 bits per heavy atom. The van der Waals surface area contributed by atoms with Crippen LogP contribution in [0.25, 0.3) is 0 Å². The van der Waals surface area contributed by atoms with Crippen molar-refractivity contribution < 1.29 is 14.3 Å². The zero-order valence-electron chi connectivity index (χ0n) is 4.46. The van der Waals surface area contributed by atoms with Gasteiger partial charge < -0.3 is 10.1 Å². The second-order valence-electron chi connectivity index (χ2n) is 1.08. The van der Waals surface area contributed by atoms with Crippen LogP contribution in [0.1, 0.15) is 0 Å². The third-order valence-corrected chi connectivity index (χ3v) is 0.610. The van der Waals surface area contributed by atoms with E-state index in [0.29, 0.717) is 12.7 Å². The second-order valence-corrected chi connectivity index (χ2v) is 1.08. The summed E-state index contributed by atoms with van der Waals surface area (Å²) in [6, 6.07) is 0. The van der Waals surface area contributed by atoms with Gasteiger partial charge in [-0.25, -0.2) is 0 Å². The average Bonchev–Trinajstić information content (AvgIpc) is 1.83. The van der Waals surface area contributed by atoms with E-state index in [2.05, 4.69) is 10.1 Å². The molecule has 1 unspecified atom stereocenters. The quantitative estimate of drug-likeness (QED) is 0.376. The molecule has 0 heterocycles. The summed E-state index contributed by atoms with van der Waals surface area (Å²) >= 11 is 0. The van der Waals surface area contributed by atoms with Gasteiger partial charge in [0, 0.05) is 7.11 Å². The summed E-state index contributed by atoms with van der Waals surface area (Å²) in [4.78, 5) is 19.4. The normalized spacial score (nSPS) is 12.1. The highest BCUT2D eigenvalue weighted by Crippen LogP contribution is 1.72. The monoisotopic (exact) mass is 117 g/mol. The Balaban J connectivity index is 3.35. The van der Waals surface area contributed by atoms with Crippen molar-refractivity contribution in [2.24, 2.45) is 0 Å². The molecule has 4 heteroatoms. The van der Waals surface area contributed by atoms with Crippen molar-refractivity contribution in [2.45, 2.75) is 6.23 Å². The molecule has 0 aliphatic heterocycles. The lowest BCUT2D eigenvalue weighted by atomic mass is 10.6. The molecule has 0 aliphatic carbocycles. The highest BCUT2D eigenvalue weighted by atomic mass is 16.5. The Kier molecular flexibility index (Phi) is 3.78. The molecule has 1 atom stereocenters. The largest absolute Gasteiger partial charge is 0.355 e. The van der Waals surface area contributed by atoms with Gasteiger partial charge in [0.05, 0.1) is 0 Å². The van der Waals surface area contributed by atoms with Crippen LogP contribution in [0.5, 0.6) is 0 Å². The molecule has 0 rings (SSSR count). The molecule has 0 bridgehead atoms. The Morgan fingerprint density at radius 2 is 2.25 bits per heavy atom. The SMILES string of the molecule is COC(C=O)NC=O. The van der Waals surface area contributed by atoms with Crippen molar-refractivity contribution in [2.75, 3.05) is 7.11 Å². The number of amides is 1. The molecule has 0 aromatic heterocycles. The molecule has 0 aromatic carbocycles. The van der Waals surface area contributed by atoms with Crippen LogP contribution in [0, 0.1) is 0 Å². The molecule has 8 heavy (non-hydrogen) atoms. The molecular weight excluding hydrogens is 110 g/mol. The number of carbonyl (C=O) groups excluding carboxylic acids is 2.